The van der Waals surface area contributed by atoms with Crippen LogP contribution in [-0.4, -0.2) is 23.5 Å². The summed E-state index contributed by atoms with van der Waals surface area (Å²) in [5.74, 6) is -1.58. The molecule has 0 unspecified atom stereocenters. The van der Waals surface area contributed by atoms with Crippen LogP contribution in [0.5, 0.6) is 0 Å². The van der Waals surface area contributed by atoms with Gasteiger partial charge in [0, 0.05) is 9.50 Å². The number of benzene rings is 1. The van der Waals surface area contributed by atoms with Gasteiger partial charge in [-0.05, 0) is 34.1 Å². The van der Waals surface area contributed by atoms with Gasteiger partial charge in [-0.15, -0.1) is 0 Å². The summed E-state index contributed by atoms with van der Waals surface area (Å²) in [5, 5.41) is 11.0. The molecule has 0 aliphatic heterocycles. The fourth-order valence-electron chi connectivity index (χ4n) is 0.923. The van der Waals surface area contributed by atoms with E-state index in [9.17, 15) is 9.59 Å². The molecule has 0 fully saturated rings. The summed E-state index contributed by atoms with van der Waals surface area (Å²) in [6.45, 7) is -0.419. The Morgan fingerprint density at radius 3 is 2.73 bits per heavy atom. The lowest BCUT2D eigenvalue weighted by Gasteiger charge is -2.04. The Labute approximate surface area is 99.4 Å². The first-order valence-corrected chi connectivity index (χ1v) is 5.13. The molecule has 0 heterocycles. The maximum atomic E-state index is 11.5. The van der Waals surface area contributed by atoms with Crippen molar-refractivity contribution in [1.82, 2.24) is 5.32 Å². The van der Waals surface area contributed by atoms with E-state index in [2.05, 4.69) is 21.2 Å². The number of hydrogen-bond donors (Lipinski definition) is 2. The maximum Gasteiger partial charge on any atom is 0.322 e. The second-order valence-electron chi connectivity index (χ2n) is 2.70. The van der Waals surface area contributed by atoms with Crippen LogP contribution in [0.2, 0.25) is 5.02 Å². The SMILES string of the molecule is O=C(O)CNC(=O)c1cc(Cl)ccc1Br. The van der Waals surface area contributed by atoms with Gasteiger partial charge in [0.2, 0.25) is 0 Å². The number of carboxylic acids is 1. The van der Waals surface area contributed by atoms with Crippen LogP contribution in [-0.2, 0) is 4.79 Å². The molecule has 0 saturated carbocycles. The molecule has 0 aliphatic rings. The largest absolute Gasteiger partial charge is 0.480 e. The second-order valence-corrected chi connectivity index (χ2v) is 3.99. The number of halogens is 2. The third-order valence-electron chi connectivity index (χ3n) is 1.57. The molecule has 0 atom stereocenters. The van der Waals surface area contributed by atoms with Crippen molar-refractivity contribution < 1.29 is 14.7 Å². The van der Waals surface area contributed by atoms with E-state index in [-0.39, 0.29) is 0 Å². The highest BCUT2D eigenvalue weighted by atomic mass is 79.9. The van der Waals surface area contributed by atoms with Gasteiger partial charge in [-0.1, -0.05) is 11.6 Å². The number of carbonyl (C=O) groups is 2. The highest BCUT2D eigenvalue weighted by molar-refractivity contribution is 9.10. The molecule has 2 N–H and O–H groups in total. The molecule has 0 bridgehead atoms. The average Bonchev–Trinajstić information content (AvgIpc) is 2.18. The topological polar surface area (TPSA) is 66.4 Å². The van der Waals surface area contributed by atoms with Crippen molar-refractivity contribution in [2.24, 2.45) is 0 Å². The standard InChI is InChI=1S/C9H7BrClNO3/c10-7-2-1-5(11)3-6(7)9(15)12-4-8(13)14/h1-3H,4H2,(H,12,15)(H,13,14). The van der Waals surface area contributed by atoms with Crippen molar-refractivity contribution in [3.05, 3.63) is 33.3 Å². The molecular weight excluding hydrogens is 285 g/mol. The molecule has 0 radical (unpaired) electrons. The van der Waals surface area contributed by atoms with Crippen molar-refractivity contribution in [1.29, 1.82) is 0 Å². The number of amides is 1. The third-order valence-corrected chi connectivity index (χ3v) is 2.50. The van der Waals surface area contributed by atoms with E-state index in [0.29, 0.717) is 15.1 Å². The van der Waals surface area contributed by atoms with Crippen LogP contribution < -0.4 is 5.32 Å². The summed E-state index contributed by atoms with van der Waals surface area (Å²) >= 11 is 8.88. The summed E-state index contributed by atoms with van der Waals surface area (Å²) in [7, 11) is 0. The highest BCUT2D eigenvalue weighted by Crippen LogP contribution is 2.20. The Hall–Kier alpha value is -1.07. The summed E-state index contributed by atoms with van der Waals surface area (Å²) in [6, 6.07) is 4.71. The first-order valence-electron chi connectivity index (χ1n) is 3.95. The van der Waals surface area contributed by atoms with Crippen molar-refractivity contribution in [2.75, 3.05) is 6.54 Å². The van der Waals surface area contributed by atoms with Gasteiger partial charge in [-0.2, -0.15) is 0 Å². The van der Waals surface area contributed by atoms with Gasteiger partial charge in [-0.3, -0.25) is 9.59 Å². The minimum absolute atomic E-state index is 0.309. The fourth-order valence-corrected chi connectivity index (χ4v) is 1.52. The lowest BCUT2D eigenvalue weighted by molar-refractivity contribution is -0.135. The van der Waals surface area contributed by atoms with Crippen LogP contribution in [0.25, 0.3) is 0 Å². The monoisotopic (exact) mass is 291 g/mol. The molecule has 1 amide bonds. The highest BCUT2D eigenvalue weighted by Gasteiger charge is 2.11. The quantitative estimate of drug-likeness (QED) is 0.894. The van der Waals surface area contributed by atoms with E-state index in [1.165, 1.54) is 6.07 Å². The van der Waals surface area contributed by atoms with Crippen molar-refractivity contribution >= 4 is 39.4 Å². The zero-order valence-corrected chi connectivity index (χ0v) is 9.80. The van der Waals surface area contributed by atoms with Crippen LogP contribution >= 0.6 is 27.5 Å². The van der Waals surface area contributed by atoms with E-state index in [1.807, 2.05) is 0 Å². The first kappa shape index (κ1) is 12.0. The number of carboxylic acid groups (broad SMARTS) is 1. The molecular formula is C9H7BrClNO3. The average molecular weight is 293 g/mol. The van der Waals surface area contributed by atoms with Gasteiger partial charge >= 0.3 is 5.97 Å². The van der Waals surface area contributed by atoms with Gasteiger partial charge in [-0.25, -0.2) is 0 Å². The summed E-state index contributed by atoms with van der Waals surface area (Å²) in [5.41, 5.74) is 0.309. The predicted octanol–water partition coefficient (Wildman–Crippen LogP) is 1.92. The first-order chi connectivity index (χ1) is 7.00. The van der Waals surface area contributed by atoms with Crippen LogP contribution in [0, 0.1) is 0 Å². The number of rotatable bonds is 3. The maximum absolute atomic E-state index is 11.5. The molecule has 0 aromatic heterocycles. The Kier molecular flexibility index (Phi) is 4.11. The van der Waals surface area contributed by atoms with E-state index < -0.39 is 18.4 Å². The molecule has 0 saturated heterocycles. The Bertz CT molecular complexity index is 408. The third kappa shape index (κ3) is 3.53. The molecule has 1 rings (SSSR count). The van der Waals surface area contributed by atoms with E-state index in [4.69, 9.17) is 16.7 Å². The van der Waals surface area contributed by atoms with Crippen LogP contribution in [0.15, 0.2) is 22.7 Å². The van der Waals surface area contributed by atoms with Gasteiger partial charge in [0.1, 0.15) is 6.54 Å². The van der Waals surface area contributed by atoms with Crippen molar-refractivity contribution in [3.63, 3.8) is 0 Å². The molecule has 15 heavy (non-hydrogen) atoms. The molecule has 0 aliphatic carbocycles. The molecule has 0 spiro atoms. The number of aliphatic carboxylic acids is 1. The van der Waals surface area contributed by atoms with Gasteiger partial charge in [0.05, 0.1) is 5.56 Å². The molecule has 80 valence electrons. The number of carbonyl (C=O) groups excluding carboxylic acids is 1. The van der Waals surface area contributed by atoms with E-state index in [0.717, 1.165) is 0 Å². The Morgan fingerprint density at radius 1 is 1.47 bits per heavy atom. The van der Waals surface area contributed by atoms with Crippen LogP contribution in [0.3, 0.4) is 0 Å². The number of nitrogens with one attached hydrogen (secondary N) is 1. The Morgan fingerprint density at radius 2 is 2.13 bits per heavy atom. The summed E-state index contributed by atoms with van der Waals surface area (Å²) in [6.07, 6.45) is 0. The summed E-state index contributed by atoms with van der Waals surface area (Å²) in [4.78, 5) is 21.7. The normalized spacial score (nSPS) is 9.73. The van der Waals surface area contributed by atoms with E-state index >= 15 is 0 Å². The minimum atomic E-state index is -1.10. The lowest BCUT2D eigenvalue weighted by Crippen LogP contribution is -2.29. The van der Waals surface area contributed by atoms with Crippen molar-refractivity contribution in [3.8, 4) is 0 Å². The van der Waals surface area contributed by atoms with Gasteiger partial charge in [0.25, 0.3) is 5.91 Å². The number of hydrogen-bond acceptors (Lipinski definition) is 2. The predicted molar refractivity (Wildman–Crippen MR) is 59.1 cm³/mol. The summed E-state index contributed by atoms with van der Waals surface area (Å²) < 4.78 is 0.565. The van der Waals surface area contributed by atoms with E-state index in [1.54, 1.807) is 12.1 Å². The van der Waals surface area contributed by atoms with Crippen LogP contribution in [0.4, 0.5) is 0 Å². The zero-order chi connectivity index (χ0) is 11.4. The van der Waals surface area contributed by atoms with Crippen LogP contribution in [0.1, 0.15) is 10.4 Å². The van der Waals surface area contributed by atoms with Gasteiger partial charge in [0.15, 0.2) is 0 Å². The smallest absolute Gasteiger partial charge is 0.322 e. The van der Waals surface area contributed by atoms with Crippen molar-refractivity contribution in [2.45, 2.75) is 0 Å². The lowest BCUT2D eigenvalue weighted by atomic mass is 10.2. The fraction of sp³-hybridized carbons (Fsp3) is 0.111. The molecule has 1 aromatic carbocycles. The molecule has 1 aromatic rings. The minimum Gasteiger partial charge on any atom is -0.480 e. The second kappa shape index (κ2) is 5.14. The molecule has 6 heteroatoms. The Balaban J connectivity index is 2.81. The molecule has 4 nitrogen and oxygen atoms in total. The zero-order valence-electron chi connectivity index (χ0n) is 7.46. The van der Waals surface area contributed by atoms with Gasteiger partial charge < -0.3 is 10.4 Å².